The smallest absolute Gasteiger partial charge is 0.215 e. The van der Waals surface area contributed by atoms with Gasteiger partial charge in [0.15, 0.2) is 5.82 Å². The maximum Gasteiger partial charge on any atom is 0.215 e. The molecule has 0 bridgehead atoms. The summed E-state index contributed by atoms with van der Waals surface area (Å²) in [7, 11) is 1.64. The average Bonchev–Trinajstić information content (AvgIpc) is 3.02. The second-order valence-electron chi connectivity index (χ2n) is 6.20. The fourth-order valence-electron chi connectivity index (χ4n) is 3.47. The van der Waals surface area contributed by atoms with Gasteiger partial charge in [-0.25, -0.2) is 0 Å². The molecule has 2 aliphatic rings. The van der Waals surface area contributed by atoms with Crippen molar-refractivity contribution in [3.8, 4) is 5.88 Å². The Bertz CT molecular complexity index is 465. The second-order valence-corrected chi connectivity index (χ2v) is 6.20. The number of nitrogen functional groups attached to an aromatic ring is 1. The van der Waals surface area contributed by atoms with Crippen LogP contribution in [0.3, 0.4) is 0 Å². The highest BCUT2D eigenvalue weighted by Crippen LogP contribution is 2.28. The number of ether oxygens (including phenoxy) is 1. The molecule has 0 amide bonds. The summed E-state index contributed by atoms with van der Waals surface area (Å²) in [6.45, 7) is 5.95. The molecule has 2 fully saturated rings. The highest BCUT2D eigenvalue weighted by atomic mass is 16.5. The van der Waals surface area contributed by atoms with Crippen LogP contribution in [-0.4, -0.2) is 49.7 Å². The van der Waals surface area contributed by atoms with Gasteiger partial charge in [-0.05, 0) is 50.8 Å². The summed E-state index contributed by atoms with van der Waals surface area (Å²) in [6.07, 6.45) is 5.22. The molecule has 5 heteroatoms. The Labute approximate surface area is 127 Å². The van der Waals surface area contributed by atoms with E-state index in [0.29, 0.717) is 5.88 Å². The molecule has 2 saturated heterocycles. The quantitative estimate of drug-likeness (QED) is 0.919. The summed E-state index contributed by atoms with van der Waals surface area (Å²) in [6, 6.07) is 3.70. The van der Waals surface area contributed by atoms with E-state index in [2.05, 4.69) is 14.8 Å². The van der Waals surface area contributed by atoms with E-state index in [4.69, 9.17) is 10.5 Å². The lowest BCUT2D eigenvalue weighted by Crippen LogP contribution is -2.38. The van der Waals surface area contributed by atoms with Crippen LogP contribution in [0.4, 0.5) is 11.5 Å². The Morgan fingerprint density at radius 2 is 1.90 bits per heavy atom. The van der Waals surface area contributed by atoms with E-state index < -0.39 is 0 Å². The molecule has 0 aliphatic carbocycles. The van der Waals surface area contributed by atoms with Crippen LogP contribution in [0, 0.1) is 5.92 Å². The van der Waals surface area contributed by atoms with Crippen LogP contribution in [0.5, 0.6) is 5.88 Å². The summed E-state index contributed by atoms with van der Waals surface area (Å²) in [5, 5.41) is 0. The van der Waals surface area contributed by atoms with Crippen molar-refractivity contribution in [3.63, 3.8) is 0 Å². The van der Waals surface area contributed by atoms with Crippen LogP contribution in [0.25, 0.3) is 0 Å². The standard InChI is InChI=1S/C16H26N4O/c1-21-15-5-4-14(17)16(18-15)20-10-6-13(7-11-20)12-19-8-2-3-9-19/h4-5,13H,2-3,6-12,17H2,1H3. The Morgan fingerprint density at radius 3 is 2.57 bits per heavy atom. The number of hydrogen-bond acceptors (Lipinski definition) is 5. The van der Waals surface area contributed by atoms with Gasteiger partial charge in [-0.2, -0.15) is 4.98 Å². The van der Waals surface area contributed by atoms with Gasteiger partial charge in [0.2, 0.25) is 5.88 Å². The number of nitrogens with two attached hydrogens (primary N) is 1. The third kappa shape index (κ3) is 3.40. The van der Waals surface area contributed by atoms with Gasteiger partial charge in [-0.15, -0.1) is 0 Å². The van der Waals surface area contributed by atoms with Gasteiger partial charge in [-0.3, -0.25) is 0 Å². The van der Waals surface area contributed by atoms with Gasteiger partial charge in [0.05, 0.1) is 12.8 Å². The molecule has 0 atom stereocenters. The molecule has 0 spiro atoms. The molecule has 116 valence electrons. The largest absolute Gasteiger partial charge is 0.481 e. The summed E-state index contributed by atoms with van der Waals surface area (Å²) in [4.78, 5) is 9.44. The van der Waals surface area contributed by atoms with E-state index in [0.717, 1.165) is 30.5 Å². The number of nitrogens with zero attached hydrogens (tertiary/aromatic N) is 3. The van der Waals surface area contributed by atoms with Crippen molar-refractivity contribution in [1.82, 2.24) is 9.88 Å². The molecule has 0 aromatic carbocycles. The van der Waals surface area contributed by atoms with E-state index in [1.165, 1.54) is 45.3 Å². The van der Waals surface area contributed by atoms with Crippen molar-refractivity contribution in [2.24, 2.45) is 5.92 Å². The Balaban J connectivity index is 1.57. The number of likely N-dealkylation sites (tertiary alicyclic amines) is 1. The molecular weight excluding hydrogens is 264 g/mol. The number of piperidine rings is 1. The van der Waals surface area contributed by atoms with E-state index in [1.807, 2.05) is 12.1 Å². The lowest BCUT2D eigenvalue weighted by atomic mass is 9.96. The maximum absolute atomic E-state index is 6.07. The molecule has 0 radical (unpaired) electrons. The zero-order valence-electron chi connectivity index (χ0n) is 12.9. The van der Waals surface area contributed by atoms with Gasteiger partial charge >= 0.3 is 0 Å². The van der Waals surface area contributed by atoms with Gasteiger partial charge < -0.3 is 20.3 Å². The third-order valence-corrected chi connectivity index (χ3v) is 4.72. The van der Waals surface area contributed by atoms with E-state index in [-0.39, 0.29) is 0 Å². The predicted octanol–water partition coefficient (Wildman–Crippen LogP) is 1.98. The minimum Gasteiger partial charge on any atom is -0.481 e. The van der Waals surface area contributed by atoms with Crippen molar-refractivity contribution >= 4 is 11.5 Å². The van der Waals surface area contributed by atoms with Gasteiger partial charge in [0.25, 0.3) is 0 Å². The number of methoxy groups -OCH3 is 1. The lowest BCUT2D eigenvalue weighted by molar-refractivity contribution is 0.249. The molecule has 0 unspecified atom stereocenters. The minimum atomic E-state index is 0.637. The molecule has 3 rings (SSSR count). The normalized spacial score (nSPS) is 20.9. The highest BCUT2D eigenvalue weighted by molar-refractivity contribution is 5.63. The first-order chi connectivity index (χ1) is 10.3. The van der Waals surface area contributed by atoms with Crippen LogP contribution < -0.4 is 15.4 Å². The first kappa shape index (κ1) is 14.4. The molecule has 1 aromatic heterocycles. The summed E-state index contributed by atoms with van der Waals surface area (Å²) in [5.74, 6) is 2.35. The van der Waals surface area contributed by atoms with Crippen LogP contribution in [0.15, 0.2) is 12.1 Å². The molecule has 1 aromatic rings. The van der Waals surface area contributed by atoms with Crippen molar-refractivity contribution in [3.05, 3.63) is 12.1 Å². The fourth-order valence-corrected chi connectivity index (χ4v) is 3.47. The topological polar surface area (TPSA) is 54.6 Å². The zero-order chi connectivity index (χ0) is 14.7. The molecule has 0 saturated carbocycles. The van der Waals surface area contributed by atoms with E-state index in [1.54, 1.807) is 7.11 Å². The molecule has 5 nitrogen and oxygen atoms in total. The Morgan fingerprint density at radius 1 is 1.19 bits per heavy atom. The molecule has 2 N–H and O–H groups in total. The average molecular weight is 290 g/mol. The van der Waals surface area contributed by atoms with Crippen LogP contribution in [0.1, 0.15) is 25.7 Å². The van der Waals surface area contributed by atoms with Crippen molar-refractivity contribution in [2.45, 2.75) is 25.7 Å². The lowest BCUT2D eigenvalue weighted by Gasteiger charge is -2.35. The number of pyridine rings is 1. The van der Waals surface area contributed by atoms with Gasteiger partial charge in [0.1, 0.15) is 0 Å². The minimum absolute atomic E-state index is 0.637. The maximum atomic E-state index is 6.07. The SMILES string of the molecule is COc1ccc(N)c(N2CCC(CN3CCCC3)CC2)n1. The summed E-state index contributed by atoms with van der Waals surface area (Å²) in [5.41, 5.74) is 6.82. The predicted molar refractivity (Wildman–Crippen MR) is 85.8 cm³/mol. The number of anilines is 2. The Kier molecular flexibility index (Phi) is 4.48. The third-order valence-electron chi connectivity index (χ3n) is 4.72. The first-order valence-electron chi connectivity index (χ1n) is 8.04. The number of hydrogen-bond donors (Lipinski definition) is 1. The van der Waals surface area contributed by atoms with Gasteiger partial charge in [-0.1, -0.05) is 0 Å². The molecule has 3 heterocycles. The van der Waals surface area contributed by atoms with Crippen molar-refractivity contribution < 1.29 is 4.74 Å². The molecule has 21 heavy (non-hydrogen) atoms. The van der Waals surface area contributed by atoms with E-state index >= 15 is 0 Å². The van der Waals surface area contributed by atoms with Crippen molar-refractivity contribution in [2.75, 3.05) is 50.5 Å². The molecule has 2 aliphatic heterocycles. The van der Waals surface area contributed by atoms with E-state index in [9.17, 15) is 0 Å². The van der Waals surface area contributed by atoms with Crippen LogP contribution in [-0.2, 0) is 0 Å². The number of aromatic nitrogens is 1. The summed E-state index contributed by atoms with van der Waals surface area (Å²) < 4.78 is 5.21. The fraction of sp³-hybridized carbons (Fsp3) is 0.688. The second kappa shape index (κ2) is 6.52. The molecular formula is C16H26N4O. The monoisotopic (exact) mass is 290 g/mol. The van der Waals surface area contributed by atoms with Crippen LogP contribution in [0.2, 0.25) is 0 Å². The number of rotatable bonds is 4. The van der Waals surface area contributed by atoms with Crippen molar-refractivity contribution in [1.29, 1.82) is 0 Å². The summed E-state index contributed by atoms with van der Waals surface area (Å²) >= 11 is 0. The van der Waals surface area contributed by atoms with Gasteiger partial charge in [0, 0.05) is 25.7 Å². The Hall–Kier alpha value is -1.49. The first-order valence-corrected chi connectivity index (χ1v) is 8.04. The zero-order valence-corrected chi connectivity index (χ0v) is 12.9. The van der Waals surface area contributed by atoms with Crippen LogP contribution >= 0.6 is 0 Å². The highest BCUT2D eigenvalue weighted by Gasteiger charge is 2.24.